The first-order valence-electron chi connectivity index (χ1n) is 7.72. The number of aryl methyl sites for hydroxylation is 1. The van der Waals surface area contributed by atoms with E-state index < -0.39 is 0 Å². The molecule has 4 nitrogen and oxygen atoms in total. The summed E-state index contributed by atoms with van der Waals surface area (Å²) in [5.74, 6) is -0.246. The summed E-state index contributed by atoms with van der Waals surface area (Å²) in [6.45, 7) is 2.13. The van der Waals surface area contributed by atoms with Crippen LogP contribution in [0.4, 0.5) is 9.52 Å². The van der Waals surface area contributed by atoms with E-state index in [-0.39, 0.29) is 5.82 Å². The Balaban J connectivity index is 1.80. The maximum atomic E-state index is 13.1. The highest BCUT2D eigenvalue weighted by Gasteiger charge is 2.12. The van der Waals surface area contributed by atoms with E-state index in [9.17, 15) is 4.39 Å². The first-order valence-corrected chi connectivity index (χ1v) is 8.53. The third kappa shape index (κ3) is 4.02. The molecular weight excluding hydrogens is 323 g/mol. The van der Waals surface area contributed by atoms with Gasteiger partial charge in [-0.15, -0.1) is 0 Å². The van der Waals surface area contributed by atoms with Crippen molar-refractivity contribution in [3.8, 4) is 11.3 Å². The van der Waals surface area contributed by atoms with Crippen LogP contribution in [0.1, 0.15) is 23.9 Å². The van der Waals surface area contributed by atoms with E-state index in [0.717, 1.165) is 29.8 Å². The second-order valence-electron chi connectivity index (χ2n) is 5.17. The number of halogens is 1. The van der Waals surface area contributed by atoms with Crippen LogP contribution in [-0.2, 0) is 6.42 Å². The average molecular weight is 340 g/mol. The number of rotatable bonds is 6. The van der Waals surface area contributed by atoms with Crippen LogP contribution < -0.4 is 5.43 Å². The minimum absolute atomic E-state index is 0.246. The van der Waals surface area contributed by atoms with Crippen molar-refractivity contribution in [2.24, 2.45) is 5.10 Å². The van der Waals surface area contributed by atoms with Gasteiger partial charge in [0.25, 0.3) is 0 Å². The maximum absolute atomic E-state index is 13.1. The smallest absolute Gasteiger partial charge is 0.204 e. The molecule has 0 spiro atoms. The molecule has 3 rings (SSSR count). The summed E-state index contributed by atoms with van der Waals surface area (Å²) in [7, 11) is 0. The minimum atomic E-state index is -0.246. The average Bonchev–Trinajstić information content (AvgIpc) is 3.00. The monoisotopic (exact) mass is 340 g/mol. The fourth-order valence-corrected chi connectivity index (χ4v) is 3.27. The van der Waals surface area contributed by atoms with Crippen molar-refractivity contribution in [1.29, 1.82) is 0 Å². The molecule has 1 N–H and O–H groups in total. The molecule has 0 amide bonds. The first kappa shape index (κ1) is 16.3. The molecule has 0 saturated carbocycles. The summed E-state index contributed by atoms with van der Waals surface area (Å²) >= 11 is 1.57. The van der Waals surface area contributed by atoms with E-state index in [1.165, 1.54) is 17.0 Å². The van der Waals surface area contributed by atoms with Gasteiger partial charge in [0, 0.05) is 16.6 Å². The number of nitrogens with zero attached hydrogens (tertiary/aromatic N) is 3. The van der Waals surface area contributed by atoms with Crippen LogP contribution in [0.5, 0.6) is 0 Å². The molecule has 6 heteroatoms. The van der Waals surface area contributed by atoms with Crippen LogP contribution in [0, 0.1) is 5.82 Å². The van der Waals surface area contributed by atoms with Gasteiger partial charge in [-0.3, -0.25) is 10.4 Å². The van der Waals surface area contributed by atoms with Crippen LogP contribution >= 0.6 is 11.3 Å². The molecule has 0 radical (unpaired) electrons. The Morgan fingerprint density at radius 2 is 2.04 bits per heavy atom. The molecule has 0 bridgehead atoms. The largest absolute Gasteiger partial charge is 0.255 e. The molecule has 0 unspecified atom stereocenters. The Morgan fingerprint density at radius 3 is 2.75 bits per heavy atom. The fraction of sp³-hybridized carbons (Fsp3) is 0.167. The number of nitrogens with one attached hydrogen (secondary N) is 1. The van der Waals surface area contributed by atoms with E-state index in [2.05, 4.69) is 27.4 Å². The molecule has 0 aliphatic rings. The highest BCUT2D eigenvalue weighted by molar-refractivity contribution is 7.16. The van der Waals surface area contributed by atoms with Crippen LogP contribution in [0.15, 0.2) is 53.8 Å². The molecule has 0 aliphatic heterocycles. The topological polar surface area (TPSA) is 50.2 Å². The zero-order chi connectivity index (χ0) is 16.8. The van der Waals surface area contributed by atoms with Crippen molar-refractivity contribution < 1.29 is 4.39 Å². The number of hydrogen-bond acceptors (Lipinski definition) is 5. The van der Waals surface area contributed by atoms with E-state index in [0.29, 0.717) is 5.13 Å². The van der Waals surface area contributed by atoms with Gasteiger partial charge < -0.3 is 0 Å². The Hall–Kier alpha value is -2.60. The SMILES string of the molecule is CCCc1sc(N/N=C/c2ccccn2)nc1-c1ccc(F)cc1. The standard InChI is InChI=1S/C18H17FN4S/c1-2-5-16-17(13-7-9-14(19)10-8-13)22-18(24-16)23-21-12-15-6-3-4-11-20-15/h3-4,6-12H,2,5H2,1H3,(H,22,23)/b21-12+. The number of aromatic nitrogens is 2. The summed E-state index contributed by atoms with van der Waals surface area (Å²) in [5.41, 5.74) is 5.53. The second-order valence-corrected chi connectivity index (χ2v) is 6.26. The molecule has 24 heavy (non-hydrogen) atoms. The van der Waals surface area contributed by atoms with E-state index in [1.54, 1.807) is 35.9 Å². The van der Waals surface area contributed by atoms with Crippen LogP contribution in [0.2, 0.25) is 0 Å². The summed E-state index contributed by atoms with van der Waals surface area (Å²) in [6.07, 6.45) is 5.32. The number of hydrogen-bond donors (Lipinski definition) is 1. The molecule has 0 atom stereocenters. The van der Waals surface area contributed by atoms with Crippen LogP contribution in [0.3, 0.4) is 0 Å². The lowest BCUT2D eigenvalue weighted by atomic mass is 10.1. The lowest BCUT2D eigenvalue weighted by Crippen LogP contribution is -1.91. The zero-order valence-corrected chi connectivity index (χ0v) is 14.1. The molecule has 2 aromatic heterocycles. The van der Waals surface area contributed by atoms with Crippen molar-refractivity contribution >= 4 is 22.7 Å². The van der Waals surface area contributed by atoms with Gasteiger partial charge in [-0.2, -0.15) is 5.10 Å². The molecular formula is C18H17FN4S. The number of anilines is 1. The Kier molecular flexibility index (Phi) is 5.28. The van der Waals surface area contributed by atoms with Crippen LogP contribution in [0.25, 0.3) is 11.3 Å². The summed E-state index contributed by atoms with van der Waals surface area (Å²) in [5, 5.41) is 4.90. The highest BCUT2D eigenvalue weighted by atomic mass is 32.1. The van der Waals surface area contributed by atoms with Crippen LogP contribution in [-0.4, -0.2) is 16.2 Å². The predicted molar refractivity (Wildman–Crippen MR) is 97.0 cm³/mol. The molecule has 0 saturated heterocycles. The van der Waals surface area contributed by atoms with Crippen molar-refractivity contribution in [3.63, 3.8) is 0 Å². The molecule has 3 aromatic rings. The molecule has 122 valence electrons. The Bertz CT molecular complexity index is 813. The third-order valence-corrected chi connectivity index (χ3v) is 4.36. The minimum Gasteiger partial charge on any atom is -0.255 e. The van der Waals surface area contributed by atoms with Gasteiger partial charge in [0.2, 0.25) is 5.13 Å². The number of pyridine rings is 1. The summed E-state index contributed by atoms with van der Waals surface area (Å²) in [6, 6.07) is 12.1. The van der Waals surface area contributed by atoms with Crippen molar-refractivity contribution in [1.82, 2.24) is 9.97 Å². The van der Waals surface area contributed by atoms with Gasteiger partial charge in [-0.1, -0.05) is 30.7 Å². The van der Waals surface area contributed by atoms with Gasteiger partial charge >= 0.3 is 0 Å². The lowest BCUT2D eigenvalue weighted by Gasteiger charge is -2.00. The molecule has 0 fully saturated rings. The quantitative estimate of drug-likeness (QED) is 0.521. The number of hydrazone groups is 1. The summed E-state index contributed by atoms with van der Waals surface area (Å²) < 4.78 is 13.1. The van der Waals surface area contributed by atoms with E-state index in [1.807, 2.05) is 18.2 Å². The molecule has 1 aromatic carbocycles. The van der Waals surface area contributed by atoms with Crippen molar-refractivity contribution in [2.45, 2.75) is 19.8 Å². The summed E-state index contributed by atoms with van der Waals surface area (Å²) in [4.78, 5) is 9.95. The molecule has 2 heterocycles. The van der Waals surface area contributed by atoms with E-state index >= 15 is 0 Å². The second kappa shape index (κ2) is 7.79. The third-order valence-electron chi connectivity index (χ3n) is 3.34. The van der Waals surface area contributed by atoms with Gasteiger partial charge in [0.1, 0.15) is 5.82 Å². The number of benzene rings is 1. The first-order chi connectivity index (χ1) is 11.8. The number of thiazole rings is 1. The lowest BCUT2D eigenvalue weighted by molar-refractivity contribution is 0.628. The Labute approximate surface area is 144 Å². The molecule has 0 aliphatic carbocycles. The maximum Gasteiger partial charge on any atom is 0.204 e. The fourth-order valence-electron chi connectivity index (χ4n) is 2.24. The predicted octanol–water partition coefficient (Wildman–Crippen LogP) is 4.74. The highest BCUT2D eigenvalue weighted by Crippen LogP contribution is 2.32. The van der Waals surface area contributed by atoms with Gasteiger partial charge in [-0.05, 0) is 42.8 Å². The van der Waals surface area contributed by atoms with Crippen molar-refractivity contribution in [2.75, 3.05) is 5.43 Å². The van der Waals surface area contributed by atoms with Gasteiger partial charge in [-0.25, -0.2) is 9.37 Å². The normalized spacial score (nSPS) is 11.1. The Morgan fingerprint density at radius 1 is 1.21 bits per heavy atom. The van der Waals surface area contributed by atoms with Gasteiger partial charge in [0.05, 0.1) is 17.6 Å². The van der Waals surface area contributed by atoms with Gasteiger partial charge in [0.15, 0.2) is 0 Å². The zero-order valence-electron chi connectivity index (χ0n) is 13.2. The van der Waals surface area contributed by atoms with E-state index in [4.69, 9.17) is 0 Å². The van der Waals surface area contributed by atoms with Crippen molar-refractivity contribution in [3.05, 3.63) is 65.0 Å².